The third kappa shape index (κ3) is 4.12. The smallest absolute Gasteiger partial charge is 0.319 e. The first-order valence-corrected chi connectivity index (χ1v) is 13.5. The van der Waals surface area contributed by atoms with Gasteiger partial charge in [-0.05, 0) is 73.8 Å². The first-order chi connectivity index (χ1) is 18.5. The molecule has 0 radical (unpaired) electrons. The Hall–Kier alpha value is -3.49. The van der Waals surface area contributed by atoms with Crippen LogP contribution in [0, 0.1) is 5.82 Å². The van der Waals surface area contributed by atoms with Crippen molar-refractivity contribution in [2.45, 2.75) is 43.9 Å². The van der Waals surface area contributed by atoms with Gasteiger partial charge >= 0.3 is 6.01 Å². The van der Waals surface area contributed by atoms with E-state index in [4.69, 9.17) is 14.5 Å². The molecule has 2 unspecified atom stereocenters. The number of aromatic nitrogens is 2. The summed E-state index contributed by atoms with van der Waals surface area (Å²) in [5.74, 6) is 0.340. The lowest BCUT2D eigenvalue weighted by atomic mass is 9.96. The second-order valence-electron chi connectivity index (χ2n) is 10.8. The number of fused-ring (bicyclic) bond motifs is 4. The molecule has 3 saturated heterocycles. The van der Waals surface area contributed by atoms with Crippen LogP contribution in [0.1, 0.15) is 25.7 Å². The van der Waals surface area contributed by atoms with Crippen molar-refractivity contribution >= 4 is 27.5 Å². The number of likely N-dealkylation sites (tertiary alicyclic amines) is 1. The van der Waals surface area contributed by atoms with Crippen LogP contribution in [0.5, 0.6) is 11.8 Å². The highest BCUT2D eigenvalue weighted by Crippen LogP contribution is 2.39. The summed E-state index contributed by atoms with van der Waals surface area (Å²) in [5, 5.41) is 12.8. The van der Waals surface area contributed by atoms with Crippen molar-refractivity contribution in [3.63, 3.8) is 0 Å². The molecule has 7 nitrogen and oxygen atoms in total. The average molecular weight is 515 g/mol. The molecule has 196 valence electrons. The fourth-order valence-electron chi connectivity index (χ4n) is 6.31. The Morgan fingerprint density at radius 2 is 1.82 bits per heavy atom. The number of phenolic OH excluding ortho intramolecular Hbond substituents is 1. The highest BCUT2D eigenvalue weighted by molar-refractivity contribution is 6.01. The maximum Gasteiger partial charge on any atom is 0.319 e. The predicted molar refractivity (Wildman–Crippen MR) is 145 cm³/mol. The van der Waals surface area contributed by atoms with Gasteiger partial charge in [-0.25, -0.2) is 4.39 Å². The number of anilines is 1. The Morgan fingerprint density at radius 3 is 2.61 bits per heavy atom. The van der Waals surface area contributed by atoms with Crippen molar-refractivity contribution in [1.82, 2.24) is 14.9 Å². The summed E-state index contributed by atoms with van der Waals surface area (Å²) in [6.07, 6.45) is 4.60. The molecule has 0 aliphatic carbocycles. The third-order valence-electron chi connectivity index (χ3n) is 8.32. The molecule has 0 amide bonds. The highest BCUT2D eigenvalue weighted by Gasteiger charge is 2.35. The van der Waals surface area contributed by atoms with Crippen molar-refractivity contribution < 1.29 is 19.0 Å². The molecule has 4 heterocycles. The van der Waals surface area contributed by atoms with E-state index in [0.29, 0.717) is 48.1 Å². The van der Waals surface area contributed by atoms with Gasteiger partial charge in [-0.3, -0.25) is 0 Å². The lowest BCUT2D eigenvalue weighted by molar-refractivity contribution is 0.0302. The minimum atomic E-state index is -0.444. The molecular formula is C30H31FN4O3. The predicted octanol–water partition coefficient (Wildman–Crippen LogP) is 5.14. The SMILES string of the molecule is CN1CCC[C@H]1COc1nc(N2CC3CCC(C2)O3)c2ccc(-c3cc(O)cc4ccccc34)c(F)c2n1. The third-order valence-corrected chi connectivity index (χ3v) is 8.32. The molecule has 3 atom stereocenters. The molecule has 7 rings (SSSR count). The lowest BCUT2D eigenvalue weighted by Crippen LogP contribution is -2.43. The second-order valence-corrected chi connectivity index (χ2v) is 10.8. The highest BCUT2D eigenvalue weighted by atomic mass is 19.1. The fraction of sp³-hybridized carbons (Fsp3) is 0.400. The normalized spacial score (nSPS) is 23.5. The van der Waals surface area contributed by atoms with Gasteiger partial charge in [0.15, 0.2) is 5.82 Å². The van der Waals surface area contributed by atoms with Gasteiger partial charge in [-0.15, -0.1) is 0 Å². The number of morpholine rings is 1. The molecule has 8 heteroatoms. The molecule has 1 aromatic heterocycles. The molecule has 0 saturated carbocycles. The quantitative estimate of drug-likeness (QED) is 0.396. The van der Waals surface area contributed by atoms with Gasteiger partial charge in [0.1, 0.15) is 23.7 Å². The minimum Gasteiger partial charge on any atom is -0.508 e. The monoisotopic (exact) mass is 514 g/mol. The van der Waals surface area contributed by atoms with E-state index in [1.54, 1.807) is 18.2 Å². The van der Waals surface area contributed by atoms with Crippen LogP contribution < -0.4 is 9.64 Å². The van der Waals surface area contributed by atoms with Crippen molar-refractivity contribution in [3.05, 3.63) is 54.3 Å². The van der Waals surface area contributed by atoms with Crippen LogP contribution >= 0.6 is 0 Å². The van der Waals surface area contributed by atoms with E-state index in [2.05, 4.69) is 21.8 Å². The molecule has 38 heavy (non-hydrogen) atoms. The topological polar surface area (TPSA) is 71.0 Å². The van der Waals surface area contributed by atoms with Gasteiger partial charge in [-0.1, -0.05) is 30.3 Å². The zero-order valence-corrected chi connectivity index (χ0v) is 21.4. The van der Waals surface area contributed by atoms with Gasteiger partial charge in [-0.2, -0.15) is 9.97 Å². The van der Waals surface area contributed by atoms with E-state index < -0.39 is 5.82 Å². The number of hydrogen-bond acceptors (Lipinski definition) is 7. The standard InChI is InChI=1S/C30H31FN4O3/c1-34-12-4-6-19(34)17-37-30-32-28-25(29(33-30)35-15-21-8-9-22(16-35)38-21)11-10-24(27(28)31)26-14-20(36)13-18-5-2-3-7-23(18)26/h2-3,5,7,10-11,13-14,19,21-22,36H,4,6,8-9,12,15-17H2,1H3/t19-,21?,22?/m0/s1. The average Bonchev–Trinajstić information content (AvgIpc) is 3.50. The molecule has 3 aliphatic rings. The van der Waals surface area contributed by atoms with E-state index in [0.717, 1.165) is 43.0 Å². The van der Waals surface area contributed by atoms with Crippen molar-refractivity contribution in [2.75, 3.05) is 38.2 Å². The Bertz CT molecular complexity index is 1520. The van der Waals surface area contributed by atoms with Crippen molar-refractivity contribution in [3.8, 4) is 22.9 Å². The molecule has 0 spiro atoms. The number of ether oxygens (including phenoxy) is 2. The first kappa shape index (κ1) is 23.6. The van der Waals surface area contributed by atoms with E-state index in [-0.39, 0.29) is 29.5 Å². The summed E-state index contributed by atoms with van der Waals surface area (Å²) in [7, 11) is 2.10. The zero-order valence-electron chi connectivity index (χ0n) is 21.4. The summed E-state index contributed by atoms with van der Waals surface area (Å²) < 4.78 is 28.6. The van der Waals surface area contributed by atoms with Gasteiger partial charge in [0.2, 0.25) is 0 Å². The van der Waals surface area contributed by atoms with Crippen LogP contribution in [0.3, 0.4) is 0 Å². The van der Waals surface area contributed by atoms with Gasteiger partial charge in [0.05, 0.1) is 12.2 Å². The summed E-state index contributed by atoms with van der Waals surface area (Å²) in [6, 6.07) is 15.1. The molecular weight excluding hydrogens is 483 g/mol. The number of benzene rings is 3. The zero-order chi connectivity index (χ0) is 25.8. The maximum atomic E-state index is 16.4. The summed E-state index contributed by atoms with van der Waals surface area (Å²) in [4.78, 5) is 13.9. The maximum absolute atomic E-state index is 16.4. The Morgan fingerprint density at radius 1 is 1.00 bits per heavy atom. The molecule has 1 N–H and O–H groups in total. The summed E-state index contributed by atoms with van der Waals surface area (Å²) >= 11 is 0. The van der Waals surface area contributed by atoms with E-state index in [1.165, 1.54) is 0 Å². The van der Waals surface area contributed by atoms with Gasteiger partial charge < -0.3 is 24.4 Å². The Labute approximate surface area is 220 Å². The summed E-state index contributed by atoms with van der Waals surface area (Å²) in [6.45, 7) is 2.94. The number of likely N-dealkylation sites (N-methyl/N-ethyl adjacent to an activating group) is 1. The minimum absolute atomic E-state index is 0.0927. The molecule has 3 fully saturated rings. The van der Waals surface area contributed by atoms with Crippen LogP contribution in [0.25, 0.3) is 32.8 Å². The number of phenols is 1. The number of hydrogen-bond donors (Lipinski definition) is 1. The van der Waals surface area contributed by atoms with E-state index in [1.807, 2.05) is 30.3 Å². The molecule has 3 aromatic carbocycles. The van der Waals surface area contributed by atoms with Crippen LogP contribution in [0.4, 0.5) is 10.2 Å². The largest absolute Gasteiger partial charge is 0.508 e. The fourth-order valence-corrected chi connectivity index (χ4v) is 6.31. The Kier molecular flexibility index (Phi) is 5.82. The first-order valence-electron chi connectivity index (χ1n) is 13.5. The van der Waals surface area contributed by atoms with E-state index >= 15 is 4.39 Å². The van der Waals surface area contributed by atoms with Crippen LogP contribution in [-0.2, 0) is 4.74 Å². The summed E-state index contributed by atoms with van der Waals surface area (Å²) in [5.41, 5.74) is 1.24. The second kappa shape index (κ2) is 9.36. The van der Waals surface area contributed by atoms with Crippen LogP contribution in [0.15, 0.2) is 48.5 Å². The molecule has 4 aromatic rings. The van der Waals surface area contributed by atoms with Gasteiger partial charge in [0.25, 0.3) is 0 Å². The number of aromatic hydroxyl groups is 1. The lowest BCUT2D eigenvalue weighted by Gasteiger charge is -2.33. The molecule has 3 aliphatic heterocycles. The number of halogens is 1. The van der Waals surface area contributed by atoms with E-state index in [9.17, 15) is 5.11 Å². The van der Waals surface area contributed by atoms with Crippen LogP contribution in [-0.4, -0.2) is 71.5 Å². The van der Waals surface area contributed by atoms with Crippen molar-refractivity contribution in [2.24, 2.45) is 0 Å². The van der Waals surface area contributed by atoms with Crippen molar-refractivity contribution in [1.29, 1.82) is 0 Å². The van der Waals surface area contributed by atoms with Crippen LogP contribution in [0.2, 0.25) is 0 Å². The Balaban J connectivity index is 1.36. The number of rotatable bonds is 5. The van der Waals surface area contributed by atoms with Gasteiger partial charge in [0, 0.05) is 30.1 Å². The number of nitrogens with zero attached hydrogens (tertiary/aromatic N) is 4. The molecule has 2 bridgehead atoms.